The average Bonchev–Trinajstić information content (AvgIpc) is 3.05. The Morgan fingerprint density at radius 3 is 2.43 bits per heavy atom. The molecule has 4 rings (SSSR count). The first kappa shape index (κ1) is 19.6. The second kappa shape index (κ2) is 8.28. The first-order valence-corrected chi connectivity index (χ1v) is 9.03. The molecule has 0 spiro atoms. The summed E-state index contributed by atoms with van der Waals surface area (Å²) < 4.78 is 0. The SMILES string of the molecule is C/C(=N\NC(N)=Nc1ccc(C)cc1)c1ccc2c(c1)Cc1ccccc1-2.Cl. The summed E-state index contributed by atoms with van der Waals surface area (Å²) in [5, 5.41) is 4.39. The first-order valence-electron chi connectivity index (χ1n) is 9.03. The maximum absolute atomic E-state index is 5.95. The van der Waals surface area contributed by atoms with E-state index in [1.807, 2.05) is 38.1 Å². The highest BCUT2D eigenvalue weighted by atomic mass is 35.5. The fourth-order valence-corrected chi connectivity index (χ4v) is 3.36. The molecule has 0 aromatic heterocycles. The van der Waals surface area contributed by atoms with Gasteiger partial charge in [0.15, 0.2) is 0 Å². The van der Waals surface area contributed by atoms with Crippen LogP contribution in [-0.4, -0.2) is 11.7 Å². The number of fused-ring (bicyclic) bond motifs is 3. The third kappa shape index (κ3) is 4.07. The van der Waals surface area contributed by atoms with Crippen LogP contribution in [0, 0.1) is 6.92 Å². The number of hydrazone groups is 1. The molecule has 0 aliphatic heterocycles. The number of nitrogens with one attached hydrogen (secondary N) is 1. The van der Waals surface area contributed by atoms with Crippen molar-refractivity contribution < 1.29 is 0 Å². The van der Waals surface area contributed by atoms with E-state index in [0.717, 1.165) is 23.4 Å². The van der Waals surface area contributed by atoms with Gasteiger partial charge in [-0.3, -0.25) is 0 Å². The molecule has 0 fully saturated rings. The van der Waals surface area contributed by atoms with Crippen molar-refractivity contribution in [3.63, 3.8) is 0 Å². The van der Waals surface area contributed by atoms with Gasteiger partial charge in [-0.15, -0.1) is 12.4 Å². The summed E-state index contributed by atoms with van der Waals surface area (Å²) in [6, 6.07) is 22.9. The Morgan fingerprint density at radius 2 is 1.64 bits per heavy atom. The van der Waals surface area contributed by atoms with Gasteiger partial charge in [0.05, 0.1) is 11.4 Å². The molecule has 0 radical (unpaired) electrons. The Morgan fingerprint density at radius 1 is 0.929 bits per heavy atom. The minimum atomic E-state index is 0. The molecule has 28 heavy (non-hydrogen) atoms. The highest BCUT2D eigenvalue weighted by Crippen LogP contribution is 2.36. The molecular weight excluding hydrogens is 368 g/mol. The van der Waals surface area contributed by atoms with E-state index >= 15 is 0 Å². The highest BCUT2D eigenvalue weighted by molar-refractivity contribution is 6.00. The summed E-state index contributed by atoms with van der Waals surface area (Å²) in [4.78, 5) is 4.33. The van der Waals surface area contributed by atoms with Gasteiger partial charge in [0.2, 0.25) is 5.96 Å². The van der Waals surface area contributed by atoms with Crippen molar-refractivity contribution in [2.45, 2.75) is 20.3 Å². The lowest BCUT2D eigenvalue weighted by atomic mass is 10.0. The lowest BCUT2D eigenvalue weighted by Gasteiger charge is -2.06. The van der Waals surface area contributed by atoms with E-state index in [2.05, 4.69) is 58.0 Å². The van der Waals surface area contributed by atoms with Gasteiger partial charge in [-0.25, -0.2) is 10.4 Å². The molecule has 3 aromatic rings. The third-order valence-electron chi connectivity index (χ3n) is 4.83. The molecular formula is C23H23ClN4. The molecule has 0 saturated heterocycles. The smallest absolute Gasteiger partial charge is 0.214 e. The molecule has 3 aromatic carbocycles. The van der Waals surface area contributed by atoms with Crippen LogP contribution < -0.4 is 11.2 Å². The quantitative estimate of drug-likeness (QED) is 0.295. The minimum absolute atomic E-state index is 0. The number of aryl methyl sites for hydroxylation is 1. The molecule has 0 heterocycles. The number of nitrogens with zero attached hydrogens (tertiary/aromatic N) is 2. The summed E-state index contributed by atoms with van der Waals surface area (Å²) in [7, 11) is 0. The molecule has 0 amide bonds. The van der Waals surface area contributed by atoms with Gasteiger partial charge in [-0.05, 0) is 66.3 Å². The minimum Gasteiger partial charge on any atom is -0.368 e. The number of hydrogen-bond donors (Lipinski definition) is 2. The van der Waals surface area contributed by atoms with Crippen molar-refractivity contribution in [3.8, 4) is 11.1 Å². The number of guanidine groups is 1. The molecule has 142 valence electrons. The van der Waals surface area contributed by atoms with Crippen molar-refractivity contribution in [3.05, 3.63) is 89.0 Å². The normalized spacial score (nSPS) is 12.8. The van der Waals surface area contributed by atoms with E-state index in [1.165, 1.54) is 27.8 Å². The first-order chi connectivity index (χ1) is 13.1. The van der Waals surface area contributed by atoms with Gasteiger partial charge in [0.25, 0.3) is 0 Å². The molecule has 3 N–H and O–H groups in total. The molecule has 0 saturated carbocycles. The zero-order valence-corrected chi connectivity index (χ0v) is 16.8. The molecule has 0 atom stereocenters. The molecule has 1 aliphatic rings. The zero-order chi connectivity index (χ0) is 18.8. The van der Waals surface area contributed by atoms with Gasteiger partial charge in [-0.2, -0.15) is 5.10 Å². The number of rotatable bonds is 3. The number of aliphatic imine (C=N–C) groups is 1. The Bertz CT molecular complexity index is 1050. The zero-order valence-electron chi connectivity index (χ0n) is 15.9. The van der Waals surface area contributed by atoms with E-state index in [4.69, 9.17) is 5.73 Å². The van der Waals surface area contributed by atoms with Crippen LogP contribution in [0.15, 0.2) is 76.8 Å². The summed E-state index contributed by atoms with van der Waals surface area (Å²) >= 11 is 0. The monoisotopic (exact) mass is 390 g/mol. The summed E-state index contributed by atoms with van der Waals surface area (Å²) in [6.07, 6.45) is 0.969. The second-order valence-corrected chi connectivity index (χ2v) is 6.85. The van der Waals surface area contributed by atoms with Crippen molar-refractivity contribution >= 4 is 29.8 Å². The summed E-state index contributed by atoms with van der Waals surface area (Å²) in [6.45, 7) is 4.01. The van der Waals surface area contributed by atoms with Crippen LogP contribution in [0.4, 0.5) is 5.69 Å². The van der Waals surface area contributed by atoms with Crippen LogP contribution >= 0.6 is 12.4 Å². The van der Waals surface area contributed by atoms with E-state index in [9.17, 15) is 0 Å². The molecule has 1 aliphatic carbocycles. The average molecular weight is 391 g/mol. The topological polar surface area (TPSA) is 62.8 Å². The van der Waals surface area contributed by atoms with Crippen molar-refractivity contribution in [2.75, 3.05) is 0 Å². The van der Waals surface area contributed by atoms with Gasteiger partial charge in [-0.1, -0.05) is 54.1 Å². The largest absolute Gasteiger partial charge is 0.368 e. The number of hydrogen-bond acceptors (Lipinski definition) is 2. The molecule has 0 unspecified atom stereocenters. The van der Waals surface area contributed by atoms with E-state index in [1.54, 1.807) is 0 Å². The Balaban J connectivity index is 0.00000225. The maximum atomic E-state index is 5.95. The summed E-state index contributed by atoms with van der Waals surface area (Å²) in [5.41, 5.74) is 18.1. The highest BCUT2D eigenvalue weighted by Gasteiger charge is 2.18. The van der Waals surface area contributed by atoms with Gasteiger partial charge < -0.3 is 5.73 Å². The van der Waals surface area contributed by atoms with Crippen LogP contribution in [0.25, 0.3) is 11.1 Å². The van der Waals surface area contributed by atoms with Crippen LogP contribution in [0.1, 0.15) is 29.2 Å². The Hall–Kier alpha value is -3.11. The molecule has 5 heteroatoms. The fraction of sp³-hybridized carbons (Fsp3) is 0.130. The van der Waals surface area contributed by atoms with Crippen LogP contribution in [-0.2, 0) is 6.42 Å². The Labute approximate surface area is 171 Å². The van der Waals surface area contributed by atoms with Gasteiger partial charge in [0.1, 0.15) is 0 Å². The standard InChI is InChI=1S/C23H22N4.ClH/c1-15-7-10-20(11-8-15)25-23(24)27-26-16(2)17-9-12-22-19(13-17)14-18-5-3-4-6-21(18)22;/h3-13H,14H2,1-2H3,(H3,24,25,27);1H/b26-16+;. The predicted molar refractivity (Wildman–Crippen MR) is 120 cm³/mol. The van der Waals surface area contributed by atoms with Gasteiger partial charge >= 0.3 is 0 Å². The van der Waals surface area contributed by atoms with Crippen LogP contribution in [0.5, 0.6) is 0 Å². The fourth-order valence-electron chi connectivity index (χ4n) is 3.36. The second-order valence-electron chi connectivity index (χ2n) is 6.85. The van der Waals surface area contributed by atoms with Crippen molar-refractivity contribution in [2.24, 2.45) is 15.8 Å². The van der Waals surface area contributed by atoms with Gasteiger partial charge in [0, 0.05) is 0 Å². The molecule has 0 bridgehead atoms. The third-order valence-corrected chi connectivity index (χ3v) is 4.83. The van der Waals surface area contributed by atoms with Crippen LogP contribution in [0.2, 0.25) is 0 Å². The maximum Gasteiger partial charge on any atom is 0.214 e. The van der Waals surface area contributed by atoms with Crippen molar-refractivity contribution in [1.82, 2.24) is 5.43 Å². The number of nitrogens with two attached hydrogens (primary N) is 1. The number of benzene rings is 3. The lowest BCUT2D eigenvalue weighted by Crippen LogP contribution is -2.27. The summed E-state index contributed by atoms with van der Waals surface area (Å²) in [5.74, 6) is 0.270. The predicted octanol–water partition coefficient (Wildman–Crippen LogP) is 4.95. The Kier molecular flexibility index (Phi) is 5.81. The van der Waals surface area contributed by atoms with E-state index in [0.29, 0.717) is 0 Å². The van der Waals surface area contributed by atoms with E-state index < -0.39 is 0 Å². The lowest BCUT2D eigenvalue weighted by molar-refractivity contribution is 1.00. The van der Waals surface area contributed by atoms with Crippen molar-refractivity contribution in [1.29, 1.82) is 0 Å². The number of halogens is 1. The molecule has 4 nitrogen and oxygen atoms in total. The van der Waals surface area contributed by atoms with E-state index in [-0.39, 0.29) is 18.4 Å². The van der Waals surface area contributed by atoms with Crippen LogP contribution in [0.3, 0.4) is 0 Å².